The summed E-state index contributed by atoms with van der Waals surface area (Å²) in [7, 11) is 0. The van der Waals surface area contributed by atoms with Gasteiger partial charge in [0.2, 0.25) is 0 Å². The van der Waals surface area contributed by atoms with Crippen LogP contribution in [0.25, 0.3) is 0 Å². The van der Waals surface area contributed by atoms with Crippen molar-refractivity contribution in [2.24, 2.45) is 11.1 Å². The third kappa shape index (κ3) is 2.43. The van der Waals surface area contributed by atoms with Gasteiger partial charge in [0.1, 0.15) is 0 Å². The van der Waals surface area contributed by atoms with E-state index in [0.29, 0.717) is 10.9 Å². The van der Waals surface area contributed by atoms with E-state index in [1.165, 1.54) is 6.42 Å². The van der Waals surface area contributed by atoms with Gasteiger partial charge < -0.3 is 9.77 Å². The first-order chi connectivity index (χ1) is 8.65. The predicted octanol–water partition coefficient (Wildman–Crippen LogP) is 3.06. The minimum Gasteiger partial charge on any atom is -0.411 e. The monoisotopic (exact) mass is 268 g/mol. The van der Waals surface area contributed by atoms with Gasteiger partial charge in [-0.1, -0.05) is 36.5 Å². The Balaban J connectivity index is 2.45. The van der Waals surface area contributed by atoms with Gasteiger partial charge in [-0.3, -0.25) is 4.79 Å². The van der Waals surface area contributed by atoms with Gasteiger partial charge in [0.25, 0.3) is 5.56 Å². The van der Waals surface area contributed by atoms with Crippen LogP contribution in [0.1, 0.15) is 44.2 Å². The molecule has 5 heteroatoms. The molecule has 0 radical (unpaired) electrons. The van der Waals surface area contributed by atoms with E-state index in [4.69, 9.17) is 16.8 Å². The third-order valence-electron chi connectivity index (χ3n) is 3.71. The number of aromatic nitrogens is 1. The topological polar surface area (TPSA) is 54.6 Å². The highest BCUT2D eigenvalue weighted by molar-refractivity contribution is 6.32. The molecule has 18 heavy (non-hydrogen) atoms. The van der Waals surface area contributed by atoms with Crippen molar-refractivity contribution in [2.45, 2.75) is 38.6 Å². The van der Waals surface area contributed by atoms with Crippen LogP contribution in [-0.2, 0) is 0 Å². The second-order valence-corrected chi connectivity index (χ2v) is 5.27. The quantitative estimate of drug-likeness (QED) is 0.509. The summed E-state index contributed by atoms with van der Waals surface area (Å²) in [5.41, 5.74) is 0.0680. The van der Waals surface area contributed by atoms with Crippen LogP contribution in [0, 0.1) is 5.92 Å². The zero-order valence-corrected chi connectivity index (χ0v) is 11.1. The molecule has 1 heterocycles. The van der Waals surface area contributed by atoms with Crippen LogP contribution < -0.4 is 5.56 Å². The van der Waals surface area contributed by atoms with Crippen LogP contribution in [0.3, 0.4) is 0 Å². The van der Waals surface area contributed by atoms with Crippen molar-refractivity contribution in [3.63, 3.8) is 0 Å². The lowest BCUT2D eigenvalue weighted by atomic mass is 9.85. The number of hydrogen-bond acceptors (Lipinski definition) is 3. The molecule has 0 spiro atoms. The minimum atomic E-state index is -0.181. The van der Waals surface area contributed by atoms with E-state index in [0.717, 1.165) is 25.5 Å². The molecule has 1 N–H and O–H groups in total. The zero-order chi connectivity index (χ0) is 13.1. The van der Waals surface area contributed by atoms with E-state index in [1.807, 2.05) is 0 Å². The van der Waals surface area contributed by atoms with Crippen molar-refractivity contribution in [2.75, 3.05) is 0 Å². The number of rotatable bonds is 2. The average molecular weight is 269 g/mol. The van der Waals surface area contributed by atoms with Gasteiger partial charge in [-0.25, -0.2) is 0 Å². The van der Waals surface area contributed by atoms with Crippen molar-refractivity contribution in [3.8, 4) is 0 Å². The van der Waals surface area contributed by atoms with Crippen molar-refractivity contribution < 1.29 is 5.21 Å². The van der Waals surface area contributed by atoms with Crippen molar-refractivity contribution in [3.05, 3.63) is 33.2 Å². The molecular weight excluding hydrogens is 252 g/mol. The smallest absolute Gasteiger partial charge is 0.261 e. The first kappa shape index (κ1) is 13.1. The van der Waals surface area contributed by atoms with Crippen LogP contribution in [0.5, 0.6) is 0 Å². The summed E-state index contributed by atoms with van der Waals surface area (Å²) in [6, 6.07) is 1.90. The molecular formula is C13H17ClN2O2. The molecule has 2 atom stereocenters. The largest absolute Gasteiger partial charge is 0.411 e. The molecule has 1 fully saturated rings. The molecule has 4 nitrogen and oxygen atoms in total. The third-order valence-corrected chi connectivity index (χ3v) is 4.04. The molecule has 0 amide bonds. The van der Waals surface area contributed by atoms with Crippen LogP contribution in [0.15, 0.2) is 22.2 Å². The highest BCUT2D eigenvalue weighted by Gasteiger charge is 2.24. The Morgan fingerprint density at radius 1 is 1.50 bits per heavy atom. The van der Waals surface area contributed by atoms with Crippen LogP contribution >= 0.6 is 11.6 Å². The van der Waals surface area contributed by atoms with Gasteiger partial charge in [0.05, 0.1) is 16.8 Å². The number of oxime groups is 1. The van der Waals surface area contributed by atoms with Crippen LogP contribution in [0.4, 0.5) is 0 Å². The summed E-state index contributed by atoms with van der Waals surface area (Å²) in [5.74, 6) is 0.483. The fourth-order valence-corrected chi connectivity index (χ4v) is 2.88. The molecule has 0 saturated heterocycles. The number of pyridine rings is 1. The fraction of sp³-hybridized carbons (Fsp3) is 0.538. The van der Waals surface area contributed by atoms with Crippen molar-refractivity contribution in [1.29, 1.82) is 0 Å². The maximum atomic E-state index is 12.3. The second-order valence-electron chi connectivity index (χ2n) is 4.86. The highest BCUT2D eigenvalue weighted by atomic mass is 35.5. The molecule has 0 aliphatic heterocycles. The summed E-state index contributed by atoms with van der Waals surface area (Å²) in [6.45, 7) is 2.17. The fourth-order valence-electron chi connectivity index (χ4n) is 2.69. The lowest BCUT2D eigenvalue weighted by molar-refractivity contribution is 0.252. The molecule has 98 valence electrons. The van der Waals surface area contributed by atoms with Gasteiger partial charge in [0, 0.05) is 12.2 Å². The zero-order valence-electron chi connectivity index (χ0n) is 10.3. The Morgan fingerprint density at radius 2 is 2.22 bits per heavy atom. The molecule has 2 unspecified atom stereocenters. The van der Waals surface area contributed by atoms with E-state index < -0.39 is 0 Å². The molecule has 1 aromatic rings. The summed E-state index contributed by atoms with van der Waals surface area (Å²) in [4.78, 5) is 12.3. The Labute approximate surface area is 111 Å². The molecule has 0 bridgehead atoms. The van der Waals surface area contributed by atoms with Crippen molar-refractivity contribution >= 4 is 17.8 Å². The molecule has 1 aliphatic rings. The Hall–Kier alpha value is -1.29. The Morgan fingerprint density at radius 3 is 2.89 bits per heavy atom. The average Bonchev–Trinajstić information content (AvgIpc) is 2.36. The first-order valence-electron chi connectivity index (χ1n) is 6.23. The molecule has 1 aliphatic carbocycles. The maximum absolute atomic E-state index is 12.3. The molecule has 1 saturated carbocycles. The summed E-state index contributed by atoms with van der Waals surface area (Å²) in [5, 5.41) is 11.8. The van der Waals surface area contributed by atoms with Crippen LogP contribution in [-0.4, -0.2) is 16.0 Å². The second kappa shape index (κ2) is 5.57. The van der Waals surface area contributed by atoms with E-state index in [2.05, 4.69) is 12.1 Å². The van der Waals surface area contributed by atoms with Gasteiger partial charge in [-0.05, 0) is 24.8 Å². The Kier molecular flexibility index (Phi) is 4.07. The van der Waals surface area contributed by atoms with E-state index in [1.54, 1.807) is 16.8 Å². The highest BCUT2D eigenvalue weighted by Crippen LogP contribution is 2.32. The summed E-state index contributed by atoms with van der Waals surface area (Å²) in [6.07, 6.45) is 7.38. The standard InChI is InChI=1S/C13H17ClN2O2/c1-9-4-2-3-5-12(9)16-7-6-11(14)10(8-15-18)13(16)17/h6-9,12,18H,2-5H2,1H3. The minimum absolute atomic E-state index is 0.181. The molecule has 2 rings (SSSR count). The van der Waals surface area contributed by atoms with Gasteiger partial charge in [-0.2, -0.15) is 0 Å². The first-order valence-corrected chi connectivity index (χ1v) is 6.61. The van der Waals surface area contributed by atoms with E-state index in [-0.39, 0.29) is 17.2 Å². The Bertz CT molecular complexity index is 510. The van der Waals surface area contributed by atoms with Gasteiger partial charge in [-0.15, -0.1) is 0 Å². The maximum Gasteiger partial charge on any atom is 0.261 e. The predicted molar refractivity (Wildman–Crippen MR) is 71.8 cm³/mol. The normalized spacial score (nSPS) is 24.6. The number of hydrogen-bond donors (Lipinski definition) is 1. The van der Waals surface area contributed by atoms with Crippen LogP contribution in [0.2, 0.25) is 5.02 Å². The number of halogens is 1. The summed E-state index contributed by atoms with van der Waals surface area (Å²) >= 11 is 5.94. The van der Waals surface area contributed by atoms with E-state index >= 15 is 0 Å². The SMILES string of the molecule is CC1CCCCC1n1ccc(Cl)c(C=NO)c1=O. The van der Waals surface area contributed by atoms with E-state index in [9.17, 15) is 4.79 Å². The summed E-state index contributed by atoms with van der Waals surface area (Å²) < 4.78 is 1.73. The number of nitrogens with zero attached hydrogens (tertiary/aromatic N) is 2. The van der Waals surface area contributed by atoms with Crippen molar-refractivity contribution in [1.82, 2.24) is 4.57 Å². The van der Waals surface area contributed by atoms with Gasteiger partial charge >= 0.3 is 0 Å². The molecule has 1 aromatic heterocycles. The van der Waals surface area contributed by atoms with Gasteiger partial charge in [0.15, 0.2) is 0 Å². The molecule has 0 aromatic carbocycles. The lowest BCUT2D eigenvalue weighted by Gasteiger charge is -2.30. The lowest BCUT2D eigenvalue weighted by Crippen LogP contribution is -2.32.